The van der Waals surface area contributed by atoms with Gasteiger partial charge in [0.15, 0.2) is 0 Å². The zero-order valence-electron chi connectivity index (χ0n) is 18.2. The van der Waals surface area contributed by atoms with Gasteiger partial charge >= 0.3 is 183 Å². The molecule has 0 saturated heterocycles. The Bertz CT molecular complexity index is 822. The molecule has 2 aromatic rings. The van der Waals surface area contributed by atoms with Gasteiger partial charge in [-0.3, -0.25) is 0 Å². The Morgan fingerprint density at radius 2 is 1.64 bits per heavy atom. The first kappa shape index (κ1) is 23.7. The monoisotopic (exact) mass is 603 g/mol. The van der Waals surface area contributed by atoms with E-state index in [-0.39, 0.29) is 21.2 Å². The quantitative estimate of drug-likeness (QED) is 0.241. The van der Waals surface area contributed by atoms with Gasteiger partial charge < -0.3 is 0 Å². The Kier molecular flexibility index (Phi) is 8.86. The van der Waals surface area contributed by atoms with Crippen LogP contribution in [0, 0.1) is 13.8 Å². The Morgan fingerprint density at radius 3 is 2.18 bits per heavy atom. The molecule has 0 bridgehead atoms. The first-order valence-corrected chi connectivity index (χ1v) is 14.0. The van der Waals surface area contributed by atoms with E-state index in [1.54, 1.807) is 11.1 Å². The average molecular weight is 603 g/mol. The summed E-state index contributed by atoms with van der Waals surface area (Å²) in [6.07, 6.45) is 1.21. The first-order valence-electron chi connectivity index (χ1n) is 10.2. The minimum absolute atomic E-state index is 0.0975. The fourth-order valence-electron chi connectivity index (χ4n) is 3.33. The van der Waals surface area contributed by atoms with Crippen LogP contribution in [0.1, 0.15) is 61.7 Å². The number of aryl methyl sites for hydroxylation is 1. The van der Waals surface area contributed by atoms with Crippen molar-refractivity contribution in [2.24, 2.45) is 0 Å². The number of hydrogen-bond donors (Lipinski definition) is 0. The van der Waals surface area contributed by atoms with Crippen molar-refractivity contribution in [1.29, 1.82) is 0 Å². The van der Waals surface area contributed by atoms with Crippen molar-refractivity contribution >= 4 is 22.6 Å². The van der Waals surface area contributed by atoms with Crippen LogP contribution in [0.25, 0.3) is 0 Å². The van der Waals surface area contributed by atoms with E-state index in [4.69, 9.17) is 4.74 Å². The average Bonchev–Trinajstić information content (AvgIpc) is 3.19. The van der Waals surface area contributed by atoms with Crippen molar-refractivity contribution in [1.82, 2.24) is 0 Å². The van der Waals surface area contributed by atoms with E-state index in [1.165, 1.54) is 27.5 Å². The fraction of sp³-hybridized carbons (Fsp3) is 0.440. The molecule has 1 aliphatic carbocycles. The van der Waals surface area contributed by atoms with Crippen molar-refractivity contribution in [3.63, 3.8) is 0 Å². The molecule has 0 aromatic heterocycles. The predicted molar refractivity (Wildman–Crippen MR) is 127 cm³/mol. The second kappa shape index (κ2) is 10.5. The Hall–Kier alpha value is -0.560. The van der Waals surface area contributed by atoms with Gasteiger partial charge in [0.05, 0.1) is 0 Å². The van der Waals surface area contributed by atoms with Crippen LogP contribution >= 0.6 is 22.6 Å². The van der Waals surface area contributed by atoms with Gasteiger partial charge in [0.2, 0.25) is 0 Å². The summed E-state index contributed by atoms with van der Waals surface area (Å²) in [7, 11) is 0. The van der Waals surface area contributed by atoms with Gasteiger partial charge in [0.25, 0.3) is 0 Å². The summed E-state index contributed by atoms with van der Waals surface area (Å²) in [5, 5.41) is 0. The van der Waals surface area contributed by atoms with Crippen LogP contribution in [0.3, 0.4) is 0 Å². The fourth-order valence-corrected chi connectivity index (χ4v) is 8.92. The Labute approximate surface area is 195 Å². The molecule has 0 aliphatic heterocycles. The minimum atomic E-state index is 0.0975. The summed E-state index contributed by atoms with van der Waals surface area (Å²) in [5.74, 6) is 1.95. The number of benzene rings is 2. The van der Waals surface area contributed by atoms with Crippen LogP contribution in [-0.2, 0) is 0 Å². The number of hydrogen-bond acceptors (Lipinski definition) is 1. The van der Waals surface area contributed by atoms with Crippen molar-refractivity contribution in [3.8, 4) is 11.5 Å². The Balaban J connectivity index is 0.00000136. The summed E-state index contributed by atoms with van der Waals surface area (Å²) < 4.78 is 8.66. The standard InChI is InChI=1S/C23H27I2O.C2H6/c1-6-21(25-14-20-17(4)23(20,5)24)19-13-12-15(2)22(16(19)3)26-18-10-8-7-9-11-18;1-2/h7-13,21H,6,14H2,1-5H3;1-2H3/q-1;. The molecule has 0 amide bonds. The van der Waals surface area contributed by atoms with Crippen molar-refractivity contribution < 1.29 is 25.9 Å². The van der Waals surface area contributed by atoms with Gasteiger partial charge in [0.1, 0.15) is 0 Å². The molecule has 1 aliphatic rings. The number of rotatable bonds is 7. The number of allylic oxidation sites excluding steroid dienone is 2. The van der Waals surface area contributed by atoms with Gasteiger partial charge in [-0.05, 0) is 0 Å². The normalized spacial score (nSPS) is 19.1. The maximum absolute atomic E-state index is 6.27. The number of halogens is 2. The number of ether oxygens (including phenoxy) is 1. The molecule has 0 saturated carbocycles. The molecular formula is C25H33I2O-. The molecule has 0 spiro atoms. The molecular weight excluding hydrogens is 570 g/mol. The van der Waals surface area contributed by atoms with Crippen molar-refractivity contribution in [2.75, 3.05) is 4.43 Å². The molecule has 28 heavy (non-hydrogen) atoms. The summed E-state index contributed by atoms with van der Waals surface area (Å²) >= 11 is 2.70. The number of alkyl halides is 3. The zero-order valence-corrected chi connectivity index (χ0v) is 22.5. The molecule has 0 fully saturated rings. The van der Waals surface area contributed by atoms with Crippen LogP contribution in [0.4, 0.5) is 0 Å². The SMILES string of the molecule is CC.CCC([I-]CC1=C(C)C1(C)I)c1ccc(C)c(Oc2ccccc2)c1C. The predicted octanol–water partition coefficient (Wildman–Crippen LogP) is 5.19. The second-order valence-corrected chi connectivity index (χ2v) is 12.4. The van der Waals surface area contributed by atoms with Crippen molar-refractivity contribution in [2.45, 2.75) is 62.2 Å². The third kappa shape index (κ3) is 5.32. The van der Waals surface area contributed by atoms with E-state index in [2.05, 4.69) is 69.3 Å². The van der Waals surface area contributed by atoms with Gasteiger partial charge in [-0.2, -0.15) is 0 Å². The summed E-state index contributed by atoms with van der Waals surface area (Å²) in [5.41, 5.74) is 7.34. The van der Waals surface area contributed by atoms with Crippen LogP contribution in [0.2, 0.25) is 0 Å². The van der Waals surface area contributed by atoms with E-state index in [9.17, 15) is 0 Å². The topological polar surface area (TPSA) is 9.23 Å². The van der Waals surface area contributed by atoms with E-state index in [0.717, 1.165) is 11.5 Å². The van der Waals surface area contributed by atoms with E-state index in [1.807, 2.05) is 44.2 Å². The summed E-state index contributed by atoms with van der Waals surface area (Å²) in [4.78, 5) is 0. The molecule has 0 N–H and O–H groups in total. The molecule has 0 heterocycles. The molecule has 1 nitrogen and oxygen atoms in total. The molecule has 2 aromatic carbocycles. The third-order valence-corrected chi connectivity index (χ3v) is 10.6. The van der Waals surface area contributed by atoms with E-state index < -0.39 is 0 Å². The molecule has 0 radical (unpaired) electrons. The van der Waals surface area contributed by atoms with Crippen LogP contribution in [-0.4, -0.2) is 7.85 Å². The molecule has 2 atom stereocenters. The van der Waals surface area contributed by atoms with Crippen LogP contribution in [0.5, 0.6) is 11.5 Å². The van der Waals surface area contributed by atoms with Gasteiger partial charge in [-0.15, -0.1) is 0 Å². The molecule has 154 valence electrons. The van der Waals surface area contributed by atoms with Gasteiger partial charge in [0, 0.05) is 0 Å². The van der Waals surface area contributed by atoms with Crippen LogP contribution in [0.15, 0.2) is 53.6 Å². The molecule has 3 heteroatoms. The maximum atomic E-state index is 6.27. The van der Waals surface area contributed by atoms with E-state index in [0.29, 0.717) is 7.35 Å². The molecule has 3 rings (SSSR count). The summed E-state index contributed by atoms with van der Waals surface area (Å²) in [6, 6.07) is 14.7. The van der Waals surface area contributed by atoms with Crippen molar-refractivity contribution in [3.05, 3.63) is 70.3 Å². The molecule has 2 unspecified atom stereocenters. The number of para-hydroxylation sites is 1. The first-order chi connectivity index (χ1) is 13.4. The summed E-state index contributed by atoms with van der Waals surface area (Å²) in [6.45, 7) is 15.4. The van der Waals surface area contributed by atoms with E-state index >= 15 is 0 Å². The van der Waals surface area contributed by atoms with Gasteiger partial charge in [-0.25, -0.2) is 0 Å². The van der Waals surface area contributed by atoms with Crippen LogP contribution < -0.4 is 25.9 Å². The second-order valence-electron chi connectivity index (χ2n) is 7.11. The Morgan fingerprint density at radius 1 is 1.04 bits per heavy atom. The third-order valence-electron chi connectivity index (χ3n) is 5.36. The zero-order chi connectivity index (χ0) is 20.9. The van der Waals surface area contributed by atoms with Gasteiger partial charge in [-0.1, -0.05) is 13.8 Å².